The van der Waals surface area contributed by atoms with Crippen molar-refractivity contribution in [3.63, 3.8) is 0 Å². The minimum atomic E-state index is -2.87. The number of nitrogens with two attached hydrogens (primary N) is 1. The number of aromatic nitrogens is 1. The number of fused-ring (bicyclic) bond motifs is 3. The molecule has 0 aliphatic carbocycles. The molecule has 2 bridgehead atoms. The number of likely N-dealkylation sites (N-methyl/N-ethyl adjacent to an activating group) is 1. The van der Waals surface area contributed by atoms with E-state index in [2.05, 4.69) is 31.7 Å². The summed E-state index contributed by atoms with van der Waals surface area (Å²) >= 11 is 1.71. The van der Waals surface area contributed by atoms with Gasteiger partial charge in [-0.3, -0.25) is 0 Å². The highest BCUT2D eigenvalue weighted by molar-refractivity contribution is 7.97. The van der Waals surface area contributed by atoms with E-state index >= 15 is 0 Å². The SMILES string of the molecule is CN1CC2CC1CN2Sc1cccc2c(OC(F)F)nccc12.NCC=O. The molecule has 3 heterocycles. The number of pyridine rings is 1. The average molecular weight is 396 g/mol. The van der Waals surface area contributed by atoms with Crippen molar-refractivity contribution in [2.75, 3.05) is 26.7 Å². The summed E-state index contributed by atoms with van der Waals surface area (Å²) < 4.78 is 32.0. The monoisotopic (exact) mass is 396 g/mol. The second-order valence-corrected chi connectivity index (χ2v) is 7.51. The number of rotatable bonds is 5. The van der Waals surface area contributed by atoms with E-state index in [9.17, 15) is 8.78 Å². The van der Waals surface area contributed by atoms with E-state index in [1.807, 2.05) is 18.2 Å². The predicted octanol–water partition coefficient (Wildman–Crippen LogP) is 2.38. The number of hydrogen-bond donors (Lipinski definition) is 1. The Morgan fingerprint density at radius 1 is 1.33 bits per heavy atom. The molecule has 1 aromatic heterocycles. The zero-order valence-corrected chi connectivity index (χ0v) is 15.7. The number of halogens is 2. The van der Waals surface area contributed by atoms with Crippen molar-refractivity contribution in [1.82, 2.24) is 14.2 Å². The number of carbonyl (C=O) groups is 1. The number of carbonyl (C=O) groups excluding carboxylic acids is 1. The van der Waals surface area contributed by atoms with Crippen LogP contribution in [0, 0.1) is 0 Å². The Morgan fingerprint density at radius 3 is 2.70 bits per heavy atom. The maximum atomic E-state index is 12.5. The first-order chi connectivity index (χ1) is 13.0. The minimum Gasteiger partial charge on any atom is -0.416 e. The molecule has 1 aromatic carbocycles. The lowest BCUT2D eigenvalue weighted by molar-refractivity contribution is -0.106. The van der Waals surface area contributed by atoms with Crippen molar-refractivity contribution in [1.29, 1.82) is 0 Å². The van der Waals surface area contributed by atoms with Crippen molar-refractivity contribution in [2.24, 2.45) is 5.73 Å². The topological polar surface area (TPSA) is 71.7 Å². The molecule has 0 radical (unpaired) electrons. The van der Waals surface area contributed by atoms with E-state index in [1.165, 1.54) is 12.6 Å². The number of alkyl halides is 2. The summed E-state index contributed by atoms with van der Waals surface area (Å²) in [6, 6.07) is 8.70. The van der Waals surface area contributed by atoms with Gasteiger partial charge in [0.2, 0.25) is 5.88 Å². The maximum Gasteiger partial charge on any atom is 0.388 e. The van der Waals surface area contributed by atoms with Crippen LogP contribution in [0.3, 0.4) is 0 Å². The Bertz CT molecular complexity index is 793. The van der Waals surface area contributed by atoms with E-state index in [4.69, 9.17) is 4.79 Å². The van der Waals surface area contributed by atoms with Crippen molar-refractivity contribution in [3.8, 4) is 5.88 Å². The molecular formula is C18H22F2N4O2S. The van der Waals surface area contributed by atoms with Crippen LogP contribution in [0.5, 0.6) is 5.88 Å². The lowest BCUT2D eigenvalue weighted by atomic mass is 10.2. The van der Waals surface area contributed by atoms with E-state index in [0.717, 1.165) is 23.4 Å². The third-order valence-electron chi connectivity index (χ3n) is 4.71. The Morgan fingerprint density at radius 2 is 2.11 bits per heavy atom. The second-order valence-electron chi connectivity index (χ2n) is 6.42. The smallest absolute Gasteiger partial charge is 0.388 e. The van der Waals surface area contributed by atoms with Crippen LogP contribution in [0.2, 0.25) is 0 Å². The normalized spacial score (nSPS) is 22.1. The molecule has 2 aromatic rings. The summed E-state index contributed by atoms with van der Waals surface area (Å²) in [5.74, 6) is -0.0115. The maximum absolute atomic E-state index is 12.5. The molecule has 146 valence electrons. The van der Waals surface area contributed by atoms with Crippen molar-refractivity contribution >= 4 is 29.0 Å². The molecule has 2 aliphatic heterocycles. The zero-order valence-electron chi connectivity index (χ0n) is 14.9. The van der Waals surface area contributed by atoms with Crippen LogP contribution in [-0.4, -0.2) is 65.9 Å². The summed E-state index contributed by atoms with van der Waals surface area (Å²) in [6.45, 7) is -0.605. The molecule has 4 rings (SSSR count). The summed E-state index contributed by atoms with van der Waals surface area (Å²) in [6.07, 6.45) is 3.38. The third-order valence-corrected chi connectivity index (χ3v) is 5.94. The Hall–Kier alpha value is -1.81. The van der Waals surface area contributed by atoms with Crippen LogP contribution in [0.1, 0.15) is 6.42 Å². The van der Waals surface area contributed by atoms with Gasteiger partial charge >= 0.3 is 6.61 Å². The summed E-state index contributed by atoms with van der Waals surface area (Å²) in [5, 5.41) is 1.53. The first-order valence-electron chi connectivity index (χ1n) is 8.64. The molecule has 6 nitrogen and oxygen atoms in total. The lowest BCUT2D eigenvalue weighted by Gasteiger charge is -2.31. The van der Waals surface area contributed by atoms with Gasteiger partial charge in [0.05, 0.1) is 0 Å². The molecule has 2 N–H and O–H groups in total. The van der Waals surface area contributed by atoms with Gasteiger partial charge in [0.25, 0.3) is 0 Å². The predicted molar refractivity (Wildman–Crippen MR) is 101 cm³/mol. The first kappa shape index (κ1) is 19.9. The third kappa shape index (κ3) is 4.55. The number of piperazine rings is 1. The van der Waals surface area contributed by atoms with Gasteiger partial charge in [0.1, 0.15) is 6.29 Å². The van der Waals surface area contributed by atoms with Crippen LogP contribution in [-0.2, 0) is 4.79 Å². The Balaban J connectivity index is 0.000000481. The highest BCUT2D eigenvalue weighted by Gasteiger charge is 2.41. The molecule has 0 spiro atoms. The standard InChI is InChI=1S/C16H17F2N3OS.C2H5NO/c1-20-8-11-7-10(20)9-21(11)23-14-4-2-3-13-12(14)5-6-19-15(13)22-16(17)18;3-1-2-4/h2-6,10-11,16H,7-9H2,1H3;2H,1,3H2. The van der Waals surface area contributed by atoms with Gasteiger partial charge in [0.15, 0.2) is 0 Å². The fraction of sp³-hybridized carbons (Fsp3) is 0.444. The van der Waals surface area contributed by atoms with Gasteiger partial charge in [-0.25, -0.2) is 9.29 Å². The van der Waals surface area contributed by atoms with Crippen molar-refractivity contribution < 1.29 is 18.3 Å². The van der Waals surface area contributed by atoms with E-state index in [1.54, 1.807) is 18.0 Å². The molecule has 9 heteroatoms. The highest BCUT2D eigenvalue weighted by Crippen LogP contribution is 2.40. The summed E-state index contributed by atoms with van der Waals surface area (Å²) in [5.41, 5.74) is 4.66. The van der Waals surface area contributed by atoms with Crippen LogP contribution in [0.4, 0.5) is 8.78 Å². The number of aldehydes is 1. The van der Waals surface area contributed by atoms with E-state index < -0.39 is 6.61 Å². The molecule has 2 fully saturated rings. The number of ether oxygens (including phenoxy) is 1. The highest BCUT2D eigenvalue weighted by atomic mass is 32.2. The van der Waals surface area contributed by atoms with E-state index in [-0.39, 0.29) is 12.4 Å². The van der Waals surface area contributed by atoms with Crippen molar-refractivity contribution in [3.05, 3.63) is 30.5 Å². The van der Waals surface area contributed by atoms with Gasteiger partial charge in [-0.15, -0.1) is 0 Å². The Labute approximate surface area is 160 Å². The molecule has 27 heavy (non-hydrogen) atoms. The lowest BCUT2D eigenvalue weighted by Crippen LogP contribution is -2.41. The van der Waals surface area contributed by atoms with Gasteiger partial charge < -0.3 is 20.2 Å². The van der Waals surface area contributed by atoms with Gasteiger partial charge in [-0.2, -0.15) is 8.78 Å². The first-order valence-corrected chi connectivity index (χ1v) is 9.42. The molecule has 0 amide bonds. The summed E-state index contributed by atoms with van der Waals surface area (Å²) in [7, 11) is 2.17. The number of hydrogen-bond acceptors (Lipinski definition) is 7. The second kappa shape index (κ2) is 8.92. The van der Waals surface area contributed by atoms with Crippen LogP contribution in [0.15, 0.2) is 35.4 Å². The average Bonchev–Trinajstić information content (AvgIpc) is 3.21. The van der Waals surface area contributed by atoms with Gasteiger partial charge in [0, 0.05) is 53.6 Å². The van der Waals surface area contributed by atoms with Gasteiger partial charge in [-0.05, 0) is 43.6 Å². The minimum absolute atomic E-state index is 0.0115. The summed E-state index contributed by atoms with van der Waals surface area (Å²) in [4.78, 5) is 16.4. The van der Waals surface area contributed by atoms with Crippen LogP contribution < -0.4 is 10.5 Å². The Kier molecular flexibility index (Phi) is 6.59. The van der Waals surface area contributed by atoms with Crippen LogP contribution in [0.25, 0.3) is 10.8 Å². The fourth-order valence-corrected chi connectivity index (χ4v) is 4.69. The van der Waals surface area contributed by atoms with Crippen LogP contribution >= 0.6 is 11.9 Å². The molecule has 2 saturated heterocycles. The molecule has 2 unspecified atom stereocenters. The van der Waals surface area contributed by atoms with Gasteiger partial charge in [-0.1, -0.05) is 6.07 Å². The molecule has 0 saturated carbocycles. The number of nitrogens with zero attached hydrogens (tertiary/aromatic N) is 3. The number of benzene rings is 1. The number of likely N-dealkylation sites (tertiary alicyclic amines) is 1. The van der Waals surface area contributed by atoms with Crippen molar-refractivity contribution in [2.45, 2.75) is 30.0 Å². The van der Waals surface area contributed by atoms with E-state index in [0.29, 0.717) is 23.8 Å². The fourth-order valence-electron chi connectivity index (χ4n) is 3.48. The largest absolute Gasteiger partial charge is 0.416 e. The molecule has 2 aliphatic rings. The molecule has 2 atom stereocenters. The zero-order chi connectivity index (χ0) is 19.4. The quantitative estimate of drug-likeness (QED) is 0.615. The molecular weight excluding hydrogens is 374 g/mol.